The van der Waals surface area contributed by atoms with Gasteiger partial charge in [0, 0.05) is 23.1 Å². The molecule has 2 heteroatoms. The van der Waals surface area contributed by atoms with Gasteiger partial charge in [0.15, 0.2) is 0 Å². The molecule has 0 aliphatic heterocycles. The summed E-state index contributed by atoms with van der Waals surface area (Å²) >= 11 is 0. The van der Waals surface area contributed by atoms with Crippen LogP contribution >= 0.6 is 0 Å². The second-order valence-electron chi connectivity index (χ2n) is 9.19. The van der Waals surface area contributed by atoms with Gasteiger partial charge in [0.25, 0.3) is 0 Å². The molecule has 0 aliphatic carbocycles. The largest absolute Gasteiger partial charge is 0.392 e. The van der Waals surface area contributed by atoms with Crippen LogP contribution in [0.25, 0.3) is 17.7 Å². The highest BCUT2D eigenvalue weighted by Gasteiger charge is 2.12. The Morgan fingerprint density at radius 3 is 1.44 bits per heavy atom. The second-order valence-corrected chi connectivity index (χ2v) is 9.19. The van der Waals surface area contributed by atoms with Crippen molar-refractivity contribution in [2.24, 2.45) is 0 Å². The number of benzene rings is 5. The molecule has 0 spiro atoms. The maximum Gasteiger partial charge on any atom is 0.0681 e. The van der Waals surface area contributed by atoms with Gasteiger partial charge in [-0.1, -0.05) is 140 Å². The van der Waals surface area contributed by atoms with Crippen LogP contribution in [0.5, 0.6) is 0 Å². The van der Waals surface area contributed by atoms with Crippen LogP contribution in [0.15, 0.2) is 158 Å². The molecule has 0 saturated carbocycles. The van der Waals surface area contributed by atoms with Gasteiger partial charge in [-0.15, -0.1) is 0 Å². The van der Waals surface area contributed by atoms with E-state index in [-0.39, 0.29) is 6.61 Å². The Morgan fingerprint density at radius 2 is 0.949 bits per heavy atom. The van der Waals surface area contributed by atoms with Crippen molar-refractivity contribution >= 4 is 29.1 Å². The molecule has 5 aromatic carbocycles. The minimum absolute atomic E-state index is 0.0230. The molecule has 0 aromatic heterocycles. The third-order valence-corrected chi connectivity index (χ3v) is 6.48. The van der Waals surface area contributed by atoms with Gasteiger partial charge in [-0.3, -0.25) is 0 Å². The topological polar surface area (TPSA) is 23.5 Å². The predicted molar refractivity (Wildman–Crippen MR) is 165 cm³/mol. The third-order valence-electron chi connectivity index (χ3n) is 6.48. The summed E-state index contributed by atoms with van der Waals surface area (Å²) in [6, 6.07) is 47.8. The summed E-state index contributed by atoms with van der Waals surface area (Å²) in [5.41, 5.74) is 8.67. The Kier molecular flexibility index (Phi) is 8.60. The standard InChI is InChI=1S/C37H31NO/c39-29-32-22-26-36(27-23-32)38(28-37(33-16-6-2-7-17-33)34-18-8-3-9-19-34)35-24-20-31(21-25-35)15-11-10-14-30-12-4-1-5-13-30/h1-28,39H,29H2. The van der Waals surface area contributed by atoms with Crippen molar-refractivity contribution in [3.8, 4) is 0 Å². The van der Waals surface area contributed by atoms with E-state index in [9.17, 15) is 5.11 Å². The number of aliphatic hydroxyl groups excluding tert-OH is 1. The lowest BCUT2D eigenvalue weighted by atomic mass is 9.98. The Bertz CT molecular complexity index is 1490. The molecular formula is C37H31NO. The fourth-order valence-electron chi connectivity index (χ4n) is 4.38. The van der Waals surface area contributed by atoms with Crippen LogP contribution in [0.1, 0.15) is 27.8 Å². The van der Waals surface area contributed by atoms with Crippen molar-refractivity contribution < 1.29 is 5.11 Å². The molecule has 0 bridgehead atoms. The Balaban J connectivity index is 1.50. The maximum atomic E-state index is 9.57. The summed E-state index contributed by atoms with van der Waals surface area (Å²) < 4.78 is 0. The van der Waals surface area contributed by atoms with Gasteiger partial charge >= 0.3 is 0 Å². The number of aliphatic hydroxyl groups is 1. The van der Waals surface area contributed by atoms with Crippen LogP contribution in [0.3, 0.4) is 0 Å². The molecule has 39 heavy (non-hydrogen) atoms. The Morgan fingerprint density at radius 1 is 0.513 bits per heavy atom. The fourth-order valence-corrected chi connectivity index (χ4v) is 4.38. The number of allylic oxidation sites excluding steroid dienone is 2. The molecule has 0 atom stereocenters. The van der Waals surface area contributed by atoms with Crippen LogP contribution in [0.2, 0.25) is 0 Å². The molecule has 0 aliphatic rings. The van der Waals surface area contributed by atoms with Crippen molar-refractivity contribution in [3.05, 3.63) is 186 Å². The molecule has 5 aromatic rings. The molecule has 0 amide bonds. The van der Waals surface area contributed by atoms with Gasteiger partial charge in [0.1, 0.15) is 0 Å². The maximum absolute atomic E-state index is 9.57. The zero-order valence-electron chi connectivity index (χ0n) is 21.8. The van der Waals surface area contributed by atoms with Crippen LogP contribution in [0, 0.1) is 0 Å². The lowest BCUT2D eigenvalue weighted by molar-refractivity contribution is 0.282. The van der Waals surface area contributed by atoms with E-state index in [1.54, 1.807) is 0 Å². The molecule has 2 nitrogen and oxygen atoms in total. The first-order valence-corrected chi connectivity index (χ1v) is 13.1. The smallest absolute Gasteiger partial charge is 0.0681 e. The fraction of sp³-hybridized carbons (Fsp3) is 0.0270. The average molecular weight is 506 g/mol. The molecule has 0 unspecified atom stereocenters. The monoisotopic (exact) mass is 505 g/mol. The molecule has 190 valence electrons. The zero-order valence-corrected chi connectivity index (χ0v) is 21.8. The first-order valence-electron chi connectivity index (χ1n) is 13.1. The number of hydrogen-bond donors (Lipinski definition) is 1. The first kappa shape index (κ1) is 25.7. The Hall–Kier alpha value is -4.92. The molecule has 0 heterocycles. The summed E-state index contributed by atoms with van der Waals surface area (Å²) in [4.78, 5) is 2.21. The van der Waals surface area contributed by atoms with Gasteiger partial charge in [0.2, 0.25) is 0 Å². The molecule has 5 rings (SSSR count). The van der Waals surface area contributed by atoms with Gasteiger partial charge in [-0.05, 0) is 52.1 Å². The van der Waals surface area contributed by atoms with Crippen LogP contribution in [-0.2, 0) is 6.61 Å². The van der Waals surface area contributed by atoms with Crippen molar-refractivity contribution in [2.75, 3.05) is 4.90 Å². The quantitative estimate of drug-likeness (QED) is 0.202. The van der Waals surface area contributed by atoms with E-state index in [0.717, 1.165) is 39.2 Å². The van der Waals surface area contributed by atoms with Gasteiger partial charge in [0.05, 0.1) is 6.61 Å². The highest BCUT2D eigenvalue weighted by atomic mass is 16.3. The van der Waals surface area contributed by atoms with Crippen molar-refractivity contribution in [1.82, 2.24) is 0 Å². The number of nitrogens with zero attached hydrogens (tertiary/aromatic N) is 1. The van der Waals surface area contributed by atoms with E-state index in [2.05, 4.69) is 132 Å². The SMILES string of the molecule is OCc1ccc(N(C=C(c2ccccc2)c2ccccc2)c2ccc(C=CC=Cc3ccccc3)cc2)cc1. The highest BCUT2D eigenvalue weighted by molar-refractivity contribution is 5.84. The van der Waals surface area contributed by atoms with Crippen LogP contribution < -0.4 is 4.90 Å². The Labute approximate surface area is 231 Å². The minimum atomic E-state index is 0.0230. The summed E-state index contributed by atoms with van der Waals surface area (Å²) in [7, 11) is 0. The number of rotatable bonds is 9. The molecule has 0 radical (unpaired) electrons. The highest BCUT2D eigenvalue weighted by Crippen LogP contribution is 2.32. The molecular weight excluding hydrogens is 474 g/mol. The molecule has 0 saturated heterocycles. The van der Waals surface area contributed by atoms with Crippen LogP contribution in [0.4, 0.5) is 11.4 Å². The van der Waals surface area contributed by atoms with E-state index in [1.807, 2.05) is 42.5 Å². The second kappa shape index (κ2) is 13.0. The third kappa shape index (κ3) is 6.89. The molecule has 1 N–H and O–H groups in total. The molecule has 0 fully saturated rings. The summed E-state index contributed by atoms with van der Waals surface area (Å²) in [6.45, 7) is 0.0230. The van der Waals surface area contributed by atoms with E-state index in [1.165, 1.54) is 5.56 Å². The number of anilines is 2. The van der Waals surface area contributed by atoms with Crippen molar-refractivity contribution in [3.63, 3.8) is 0 Å². The first-order chi connectivity index (χ1) is 19.3. The van der Waals surface area contributed by atoms with Crippen LogP contribution in [-0.4, -0.2) is 5.11 Å². The van der Waals surface area contributed by atoms with Gasteiger partial charge < -0.3 is 10.0 Å². The summed E-state index contributed by atoms with van der Waals surface area (Å²) in [6.07, 6.45) is 10.5. The lowest BCUT2D eigenvalue weighted by Crippen LogP contribution is -2.10. The van der Waals surface area contributed by atoms with Gasteiger partial charge in [-0.2, -0.15) is 0 Å². The van der Waals surface area contributed by atoms with Crippen molar-refractivity contribution in [2.45, 2.75) is 6.61 Å². The average Bonchev–Trinajstić information content (AvgIpc) is 3.02. The predicted octanol–water partition coefficient (Wildman–Crippen LogP) is 9.13. The van der Waals surface area contributed by atoms with E-state index in [0.29, 0.717) is 0 Å². The summed E-state index contributed by atoms with van der Waals surface area (Å²) in [5, 5.41) is 9.57. The van der Waals surface area contributed by atoms with Crippen molar-refractivity contribution in [1.29, 1.82) is 0 Å². The van der Waals surface area contributed by atoms with E-state index >= 15 is 0 Å². The minimum Gasteiger partial charge on any atom is -0.392 e. The van der Waals surface area contributed by atoms with Gasteiger partial charge in [-0.25, -0.2) is 0 Å². The number of hydrogen-bond acceptors (Lipinski definition) is 2. The lowest BCUT2D eigenvalue weighted by Gasteiger charge is -2.24. The van der Waals surface area contributed by atoms with E-state index < -0.39 is 0 Å². The summed E-state index contributed by atoms with van der Waals surface area (Å²) in [5.74, 6) is 0. The zero-order chi connectivity index (χ0) is 26.7. The normalized spacial score (nSPS) is 11.1. The van der Waals surface area contributed by atoms with E-state index in [4.69, 9.17) is 0 Å².